The molecule has 0 aliphatic carbocycles. The lowest BCUT2D eigenvalue weighted by molar-refractivity contribution is -0.154. The minimum absolute atomic E-state index is 0.0848. The third kappa shape index (κ3) is 8.34. The summed E-state index contributed by atoms with van der Waals surface area (Å²) in [4.78, 5) is 21.9. The zero-order chi connectivity index (χ0) is 22.0. The fraction of sp³-hybridized carbons (Fsp3) is 0.632. The first-order valence-electron chi connectivity index (χ1n) is 9.91. The maximum absolute atomic E-state index is 12.2. The first-order chi connectivity index (χ1) is 14.3. The van der Waals surface area contributed by atoms with Gasteiger partial charge in [0.05, 0.1) is 13.2 Å². The zero-order valence-corrected chi connectivity index (χ0v) is 17.2. The molecule has 1 amide bonds. The predicted molar refractivity (Wildman–Crippen MR) is 105 cm³/mol. The van der Waals surface area contributed by atoms with Crippen LogP contribution in [0.15, 0.2) is 23.3 Å². The van der Waals surface area contributed by atoms with E-state index in [4.69, 9.17) is 4.74 Å². The SMILES string of the molecule is CCNC(=NCc1ccc(OCC(F)(F)F)nc1)NC1CCN(C(=O)OCC)CC1. The number of hydrogen-bond donors (Lipinski definition) is 2. The summed E-state index contributed by atoms with van der Waals surface area (Å²) in [5, 5.41) is 6.52. The molecule has 168 valence electrons. The van der Waals surface area contributed by atoms with Crippen LogP contribution in [0.3, 0.4) is 0 Å². The second-order valence-electron chi connectivity index (χ2n) is 6.71. The highest BCUT2D eigenvalue weighted by molar-refractivity contribution is 5.80. The number of halogens is 3. The topological polar surface area (TPSA) is 88.1 Å². The third-order valence-corrected chi connectivity index (χ3v) is 4.31. The lowest BCUT2D eigenvalue weighted by atomic mass is 10.1. The van der Waals surface area contributed by atoms with Crippen LogP contribution >= 0.6 is 0 Å². The van der Waals surface area contributed by atoms with Gasteiger partial charge in [-0.1, -0.05) is 6.07 Å². The molecule has 1 aromatic heterocycles. The normalized spacial score (nSPS) is 15.6. The maximum Gasteiger partial charge on any atom is 0.422 e. The van der Waals surface area contributed by atoms with Crippen molar-refractivity contribution in [3.63, 3.8) is 0 Å². The molecular formula is C19H28F3N5O3. The molecule has 0 atom stereocenters. The number of carbonyl (C=O) groups is 1. The quantitative estimate of drug-likeness (QED) is 0.510. The largest absolute Gasteiger partial charge is 0.468 e. The maximum atomic E-state index is 12.2. The Bertz CT molecular complexity index is 690. The average Bonchev–Trinajstić information content (AvgIpc) is 2.71. The van der Waals surface area contributed by atoms with Gasteiger partial charge in [-0.05, 0) is 32.3 Å². The van der Waals surface area contributed by atoms with Gasteiger partial charge in [-0.15, -0.1) is 0 Å². The number of ether oxygens (including phenoxy) is 2. The van der Waals surface area contributed by atoms with Crippen LogP contribution in [-0.4, -0.2) is 67.0 Å². The van der Waals surface area contributed by atoms with Crippen LogP contribution in [0, 0.1) is 0 Å². The zero-order valence-electron chi connectivity index (χ0n) is 17.2. The Kier molecular flexibility index (Phi) is 9.00. The molecule has 11 heteroatoms. The highest BCUT2D eigenvalue weighted by atomic mass is 19.4. The van der Waals surface area contributed by atoms with Gasteiger partial charge < -0.3 is 25.0 Å². The van der Waals surface area contributed by atoms with Crippen LogP contribution < -0.4 is 15.4 Å². The molecule has 2 rings (SSSR count). The molecule has 1 fully saturated rings. The smallest absolute Gasteiger partial charge is 0.422 e. The van der Waals surface area contributed by atoms with E-state index in [0.29, 0.717) is 38.7 Å². The van der Waals surface area contributed by atoms with Crippen LogP contribution in [0.4, 0.5) is 18.0 Å². The molecule has 2 heterocycles. The van der Waals surface area contributed by atoms with Gasteiger partial charge in [-0.25, -0.2) is 14.8 Å². The van der Waals surface area contributed by atoms with E-state index < -0.39 is 12.8 Å². The number of aromatic nitrogens is 1. The molecule has 8 nitrogen and oxygen atoms in total. The number of nitrogens with one attached hydrogen (secondary N) is 2. The van der Waals surface area contributed by atoms with E-state index in [1.165, 1.54) is 12.3 Å². The summed E-state index contributed by atoms with van der Waals surface area (Å²) in [6.07, 6.45) is -1.70. The first kappa shape index (κ1) is 23.6. The Morgan fingerprint density at radius 1 is 1.30 bits per heavy atom. The molecule has 0 radical (unpaired) electrons. The van der Waals surface area contributed by atoms with Gasteiger partial charge in [0.25, 0.3) is 0 Å². The number of piperidine rings is 1. The van der Waals surface area contributed by atoms with Gasteiger partial charge in [-0.2, -0.15) is 13.2 Å². The van der Waals surface area contributed by atoms with Crippen LogP contribution in [0.25, 0.3) is 0 Å². The number of guanidine groups is 1. The number of nitrogens with zero attached hydrogens (tertiary/aromatic N) is 3. The van der Waals surface area contributed by atoms with Gasteiger partial charge in [0.2, 0.25) is 5.88 Å². The van der Waals surface area contributed by atoms with E-state index in [1.807, 2.05) is 6.92 Å². The molecule has 0 saturated carbocycles. The van der Waals surface area contributed by atoms with Crippen LogP contribution in [0.2, 0.25) is 0 Å². The van der Waals surface area contributed by atoms with Crippen molar-refractivity contribution in [3.8, 4) is 5.88 Å². The number of pyridine rings is 1. The monoisotopic (exact) mass is 431 g/mol. The standard InChI is InChI=1S/C19H28F3N5O3/c1-3-23-17(26-15-7-9-27(10-8-15)18(28)29-4-2)25-12-14-5-6-16(24-11-14)30-13-19(20,21)22/h5-6,11,15H,3-4,7-10,12-13H2,1-2H3,(H2,23,25,26). The average molecular weight is 431 g/mol. The van der Waals surface area contributed by atoms with E-state index in [1.54, 1.807) is 17.9 Å². The van der Waals surface area contributed by atoms with Crippen molar-refractivity contribution in [2.75, 3.05) is 32.8 Å². The third-order valence-electron chi connectivity index (χ3n) is 4.31. The summed E-state index contributed by atoms with van der Waals surface area (Å²) in [5.74, 6) is 0.544. The first-order valence-corrected chi connectivity index (χ1v) is 9.91. The van der Waals surface area contributed by atoms with Crippen molar-refractivity contribution in [2.24, 2.45) is 4.99 Å². The lowest BCUT2D eigenvalue weighted by Gasteiger charge is -2.32. The van der Waals surface area contributed by atoms with E-state index in [0.717, 1.165) is 18.4 Å². The van der Waals surface area contributed by atoms with Crippen LogP contribution in [0.1, 0.15) is 32.3 Å². The van der Waals surface area contributed by atoms with Gasteiger partial charge in [0, 0.05) is 37.9 Å². The summed E-state index contributed by atoms with van der Waals surface area (Å²) >= 11 is 0. The minimum atomic E-state index is -4.40. The van der Waals surface area contributed by atoms with Crippen molar-refractivity contribution >= 4 is 12.1 Å². The van der Waals surface area contributed by atoms with E-state index in [2.05, 4.69) is 25.3 Å². The number of amides is 1. The van der Waals surface area contributed by atoms with Gasteiger partial charge in [0.1, 0.15) is 0 Å². The summed E-state index contributed by atoms with van der Waals surface area (Å²) in [6.45, 7) is 4.93. The fourth-order valence-corrected chi connectivity index (χ4v) is 2.85. The molecule has 0 aromatic carbocycles. The number of carbonyl (C=O) groups excluding carboxylic acids is 1. The van der Waals surface area contributed by atoms with E-state index >= 15 is 0 Å². The Morgan fingerprint density at radius 3 is 2.60 bits per heavy atom. The van der Waals surface area contributed by atoms with Crippen LogP contribution in [-0.2, 0) is 11.3 Å². The number of rotatable bonds is 7. The Labute approximate surface area is 173 Å². The molecular weight excluding hydrogens is 403 g/mol. The van der Waals surface area contributed by atoms with Crippen molar-refractivity contribution in [2.45, 2.75) is 45.5 Å². The molecule has 1 aliphatic rings. The number of alkyl halides is 3. The number of hydrogen-bond acceptors (Lipinski definition) is 5. The molecule has 0 bridgehead atoms. The van der Waals surface area contributed by atoms with Crippen LogP contribution in [0.5, 0.6) is 5.88 Å². The van der Waals surface area contributed by atoms with Gasteiger partial charge in [0.15, 0.2) is 12.6 Å². The van der Waals surface area contributed by atoms with E-state index in [9.17, 15) is 18.0 Å². The molecule has 1 aromatic rings. The Balaban J connectivity index is 1.85. The number of aliphatic imine (C=N–C) groups is 1. The second kappa shape index (κ2) is 11.5. The lowest BCUT2D eigenvalue weighted by Crippen LogP contribution is -2.49. The molecule has 0 unspecified atom stereocenters. The van der Waals surface area contributed by atoms with Gasteiger partial charge >= 0.3 is 12.3 Å². The predicted octanol–water partition coefficient (Wildman–Crippen LogP) is 2.70. The number of likely N-dealkylation sites (tertiary alicyclic amines) is 1. The van der Waals surface area contributed by atoms with Crippen molar-refractivity contribution < 1.29 is 27.4 Å². The summed E-state index contributed by atoms with van der Waals surface area (Å²) in [5.41, 5.74) is 0.740. The minimum Gasteiger partial charge on any atom is -0.468 e. The van der Waals surface area contributed by atoms with Crippen molar-refractivity contribution in [1.82, 2.24) is 20.5 Å². The molecule has 1 aliphatic heterocycles. The Morgan fingerprint density at radius 2 is 2.03 bits per heavy atom. The summed E-state index contributed by atoms with van der Waals surface area (Å²) in [6, 6.07) is 3.19. The highest BCUT2D eigenvalue weighted by Crippen LogP contribution is 2.17. The van der Waals surface area contributed by atoms with Gasteiger partial charge in [-0.3, -0.25) is 0 Å². The molecule has 30 heavy (non-hydrogen) atoms. The Hall–Kier alpha value is -2.72. The van der Waals surface area contributed by atoms with E-state index in [-0.39, 0.29) is 18.0 Å². The molecule has 2 N–H and O–H groups in total. The van der Waals surface area contributed by atoms with Crippen molar-refractivity contribution in [1.29, 1.82) is 0 Å². The molecule has 0 spiro atoms. The second-order valence-corrected chi connectivity index (χ2v) is 6.71. The molecule has 1 saturated heterocycles. The highest BCUT2D eigenvalue weighted by Gasteiger charge is 2.28. The summed E-state index contributed by atoms with van der Waals surface area (Å²) in [7, 11) is 0. The fourth-order valence-electron chi connectivity index (χ4n) is 2.85. The van der Waals surface area contributed by atoms with Crippen molar-refractivity contribution in [3.05, 3.63) is 23.9 Å². The summed E-state index contributed by atoms with van der Waals surface area (Å²) < 4.78 is 46.2.